The van der Waals surface area contributed by atoms with E-state index < -0.39 is 25.6 Å². The number of rotatable bonds is 23. The van der Waals surface area contributed by atoms with Gasteiger partial charge < -0.3 is 32.9 Å². The normalized spacial score (nSPS) is 12.4. The molecule has 0 aliphatic heterocycles. The minimum Gasteiger partial charge on any atom is -0.497 e. The SMILES string of the molecule is COc1ccc(C(OCC(COC(c2ccccc2)(c2ccc(OC)cc2)c2ccc(OC)cc2)OP(CCC#N)N(C(C)C)C(C)C)(c2ccccc2)c2ccc(OC)cc2)cc1. The molecular formula is C54H61N2O7P. The number of methoxy groups -OCH3 is 4. The molecule has 0 fully saturated rings. The van der Waals surface area contributed by atoms with Gasteiger partial charge in [0.05, 0.1) is 47.7 Å². The topological polar surface area (TPSA) is 91.6 Å². The summed E-state index contributed by atoms with van der Waals surface area (Å²) in [5, 5.41) is 9.94. The third kappa shape index (κ3) is 10.8. The molecule has 334 valence electrons. The first-order valence-corrected chi connectivity index (χ1v) is 23.1. The lowest BCUT2D eigenvalue weighted by atomic mass is 9.79. The summed E-state index contributed by atoms with van der Waals surface area (Å²) in [6.07, 6.45) is 0.261. The van der Waals surface area contributed by atoms with Crippen molar-refractivity contribution in [3.63, 3.8) is 0 Å². The fraction of sp³-hybridized carbons (Fsp3) is 0.315. The Morgan fingerprint density at radius 2 is 0.766 bits per heavy atom. The quantitative estimate of drug-likeness (QED) is 0.0461. The van der Waals surface area contributed by atoms with E-state index in [1.807, 2.05) is 84.9 Å². The Balaban J connectivity index is 1.54. The van der Waals surface area contributed by atoms with Crippen LogP contribution in [0.2, 0.25) is 0 Å². The Morgan fingerprint density at radius 1 is 0.469 bits per heavy atom. The highest BCUT2D eigenvalue weighted by Crippen LogP contribution is 2.49. The van der Waals surface area contributed by atoms with E-state index in [4.69, 9.17) is 32.9 Å². The van der Waals surface area contributed by atoms with Crippen molar-refractivity contribution in [1.29, 1.82) is 5.26 Å². The van der Waals surface area contributed by atoms with Crippen LogP contribution in [0.15, 0.2) is 158 Å². The molecule has 0 N–H and O–H groups in total. The molecule has 0 bridgehead atoms. The van der Waals surface area contributed by atoms with Gasteiger partial charge in [0.2, 0.25) is 0 Å². The molecule has 1 atom stereocenters. The van der Waals surface area contributed by atoms with E-state index in [1.165, 1.54) is 0 Å². The summed E-state index contributed by atoms with van der Waals surface area (Å²) in [5.74, 6) is 2.93. The van der Waals surface area contributed by atoms with E-state index in [0.717, 1.165) is 56.4 Å². The van der Waals surface area contributed by atoms with Gasteiger partial charge in [0.1, 0.15) is 48.6 Å². The number of nitrogens with zero attached hydrogens (tertiary/aromatic N) is 2. The molecule has 6 aromatic rings. The highest BCUT2D eigenvalue weighted by atomic mass is 31.2. The van der Waals surface area contributed by atoms with Crippen LogP contribution in [-0.4, -0.2) is 70.7 Å². The van der Waals surface area contributed by atoms with Crippen molar-refractivity contribution in [2.75, 3.05) is 47.8 Å². The molecule has 0 aliphatic rings. The fourth-order valence-electron chi connectivity index (χ4n) is 8.35. The minimum absolute atomic E-state index is 0.110. The molecule has 9 nitrogen and oxygen atoms in total. The van der Waals surface area contributed by atoms with Gasteiger partial charge in [-0.2, -0.15) is 5.26 Å². The molecule has 0 radical (unpaired) electrons. The Bertz CT molecular complexity index is 2090. The molecule has 6 aromatic carbocycles. The molecule has 0 aromatic heterocycles. The molecule has 0 saturated heterocycles. The maximum atomic E-state index is 9.94. The predicted molar refractivity (Wildman–Crippen MR) is 256 cm³/mol. The van der Waals surface area contributed by atoms with Crippen molar-refractivity contribution in [2.45, 2.75) is 63.5 Å². The molecule has 64 heavy (non-hydrogen) atoms. The van der Waals surface area contributed by atoms with Gasteiger partial charge in [0.15, 0.2) is 0 Å². The molecule has 6 rings (SSSR count). The van der Waals surface area contributed by atoms with Crippen molar-refractivity contribution in [1.82, 2.24) is 4.67 Å². The summed E-state index contributed by atoms with van der Waals surface area (Å²) in [7, 11) is 5.34. The van der Waals surface area contributed by atoms with Gasteiger partial charge in [-0.25, -0.2) is 0 Å². The van der Waals surface area contributed by atoms with Gasteiger partial charge in [-0.1, -0.05) is 109 Å². The zero-order chi connectivity index (χ0) is 45.5. The Kier molecular flexibility index (Phi) is 17.0. The van der Waals surface area contributed by atoms with Crippen LogP contribution in [0.5, 0.6) is 23.0 Å². The van der Waals surface area contributed by atoms with Crippen molar-refractivity contribution in [3.05, 3.63) is 191 Å². The summed E-state index contributed by atoms with van der Waals surface area (Å²) >= 11 is 0. The van der Waals surface area contributed by atoms with Gasteiger partial charge in [-0.15, -0.1) is 0 Å². The molecule has 10 heteroatoms. The lowest BCUT2D eigenvalue weighted by molar-refractivity contribution is -0.0797. The Labute approximate surface area is 381 Å². The Hall–Kier alpha value is -5.72. The molecule has 0 spiro atoms. The second-order valence-corrected chi connectivity index (χ2v) is 17.7. The minimum atomic E-state index is -1.31. The first kappa shape index (κ1) is 47.8. The van der Waals surface area contributed by atoms with E-state index in [0.29, 0.717) is 12.6 Å². The lowest BCUT2D eigenvalue weighted by Gasteiger charge is -2.42. The summed E-state index contributed by atoms with van der Waals surface area (Å²) in [6.45, 7) is 8.92. The fourth-order valence-corrected chi connectivity index (χ4v) is 10.6. The van der Waals surface area contributed by atoms with Crippen LogP contribution in [0.4, 0.5) is 0 Å². The van der Waals surface area contributed by atoms with E-state index in [9.17, 15) is 5.26 Å². The first-order valence-electron chi connectivity index (χ1n) is 21.7. The standard InChI is InChI=1S/C54H61N2O7P/c1-40(2)56(41(3)4)64(37-15-36-55)63-52(38-61-53(42-16-11-9-12-17-42,44-20-28-48(57-5)29-21-44)45-22-30-49(58-6)31-23-45)39-62-54(43-18-13-10-14-19-43,46-24-32-50(59-7)33-25-46)47-26-34-51(60-8)35-27-47/h9-14,16-35,40-41,52H,15,37-39H2,1-8H3. The van der Waals surface area contributed by atoms with Crippen LogP contribution in [0.1, 0.15) is 67.5 Å². The van der Waals surface area contributed by atoms with E-state index in [1.54, 1.807) is 28.4 Å². The maximum absolute atomic E-state index is 9.94. The summed E-state index contributed by atoms with van der Waals surface area (Å²) in [4.78, 5) is 0. The molecule has 0 heterocycles. The monoisotopic (exact) mass is 880 g/mol. The third-order valence-electron chi connectivity index (χ3n) is 11.3. The van der Waals surface area contributed by atoms with E-state index in [-0.39, 0.29) is 25.3 Å². The second-order valence-electron chi connectivity index (χ2n) is 15.9. The molecule has 0 aliphatic carbocycles. The molecule has 0 saturated carbocycles. The van der Waals surface area contributed by atoms with Crippen LogP contribution in [0.3, 0.4) is 0 Å². The largest absolute Gasteiger partial charge is 0.497 e. The number of ether oxygens (including phenoxy) is 6. The number of hydrogen-bond acceptors (Lipinski definition) is 9. The zero-order valence-corrected chi connectivity index (χ0v) is 39.2. The highest BCUT2D eigenvalue weighted by Gasteiger charge is 2.42. The summed E-state index contributed by atoms with van der Waals surface area (Å²) in [6, 6.07) is 55.2. The van der Waals surface area contributed by atoms with Gasteiger partial charge in [0, 0.05) is 24.7 Å². The van der Waals surface area contributed by atoms with Crippen LogP contribution >= 0.6 is 8.30 Å². The van der Waals surface area contributed by atoms with Crippen LogP contribution in [-0.2, 0) is 25.2 Å². The smallest absolute Gasteiger partial charge is 0.143 e. The van der Waals surface area contributed by atoms with E-state index >= 15 is 0 Å². The maximum Gasteiger partial charge on any atom is 0.143 e. The van der Waals surface area contributed by atoms with Gasteiger partial charge in [-0.3, -0.25) is 4.67 Å². The number of hydrogen-bond donors (Lipinski definition) is 0. The summed E-state index contributed by atoms with van der Waals surface area (Å²) < 4.78 is 47.4. The van der Waals surface area contributed by atoms with E-state index in [2.05, 4.69) is 111 Å². The molecule has 1 unspecified atom stereocenters. The van der Waals surface area contributed by atoms with Crippen molar-refractivity contribution < 1.29 is 32.9 Å². The third-order valence-corrected chi connectivity index (χ3v) is 13.9. The van der Waals surface area contributed by atoms with Crippen LogP contribution in [0, 0.1) is 11.3 Å². The van der Waals surface area contributed by atoms with Crippen molar-refractivity contribution in [3.8, 4) is 29.1 Å². The average Bonchev–Trinajstić information content (AvgIpc) is 3.34. The van der Waals surface area contributed by atoms with Crippen LogP contribution < -0.4 is 18.9 Å². The van der Waals surface area contributed by atoms with Gasteiger partial charge in [-0.05, 0) is 110 Å². The molecular weight excluding hydrogens is 820 g/mol. The first-order chi connectivity index (χ1) is 31.1. The number of nitriles is 1. The zero-order valence-electron chi connectivity index (χ0n) is 38.3. The Morgan fingerprint density at radius 3 is 1.03 bits per heavy atom. The molecule has 0 amide bonds. The number of benzene rings is 6. The van der Waals surface area contributed by atoms with Crippen molar-refractivity contribution >= 4 is 8.30 Å². The van der Waals surface area contributed by atoms with Gasteiger partial charge in [0.25, 0.3) is 0 Å². The second kappa shape index (κ2) is 22.8. The predicted octanol–water partition coefficient (Wildman–Crippen LogP) is 11.8. The van der Waals surface area contributed by atoms with Gasteiger partial charge >= 0.3 is 0 Å². The average molecular weight is 881 g/mol. The highest BCUT2D eigenvalue weighted by molar-refractivity contribution is 7.50. The van der Waals surface area contributed by atoms with Crippen molar-refractivity contribution in [2.24, 2.45) is 0 Å². The lowest BCUT2D eigenvalue weighted by Crippen LogP contribution is -2.41. The van der Waals surface area contributed by atoms with Crippen LogP contribution in [0.25, 0.3) is 0 Å². The summed E-state index contributed by atoms with van der Waals surface area (Å²) in [5.41, 5.74) is 3.23.